The number of hydrogen-bond donors (Lipinski definition) is 4. The first-order valence-electron chi connectivity index (χ1n) is 13.4. The Morgan fingerprint density at radius 1 is 0.458 bits per heavy atom. The molecule has 3 rings (SSSR count). The summed E-state index contributed by atoms with van der Waals surface area (Å²) in [7, 11) is 0. The number of carboxylic acids is 2. The number of aliphatic carboxylic acids is 2. The number of aromatic hydroxyl groups is 2. The molecular formula is C34H30O14. The van der Waals surface area contributed by atoms with Crippen molar-refractivity contribution in [3.8, 4) is 58.2 Å². The van der Waals surface area contributed by atoms with Crippen LogP contribution in [0.25, 0.3) is 0 Å². The molecule has 14 nitrogen and oxygen atoms in total. The number of phenols is 2. The van der Waals surface area contributed by atoms with Gasteiger partial charge in [0.05, 0.1) is 22.3 Å². The fourth-order valence-corrected chi connectivity index (χ4v) is 3.21. The number of esters is 4. The van der Waals surface area contributed by atoms with E-state index in [9.17, 15) is 29.4 Å². The highest BCUT2D eigenvalue weighted by Gasteiger charge is 2.11. The summed E-state index contributed by atoms with van der Waals surface area (Å²) >= 11 is 0. The maximum Gasteiger partial charge on any atom is 0.308 e. The highest BCUT2D eigenvalue weighted by Crippen LogP contribution is 2.29. The SMILES string of the molecule is CC(=O)O.CC(=O)O.CC(=O)Oc1ccc(OC(C)=O)c(C#Cc2cc(O)c(C#Cc3cc(OC(C)=O)ccc3OC(C)=O)cc2O)c1. The van der Waals surface area contributed by atoms with E-state index in [0.717, 1.165) is 13.8 Å². The molecule has 0 aliphatic carbocycles. The Kier molecular flexibility index (Phi) is 15.4. The predicted octanol–water partition coefficient (Wildman–Crippen LogP) is 3.78. The van der Waals surface area contributed by atoms with E-state index in [0.29, 0.717) is 0 Å². The molecular weight excluding hydrogens is 632 g/mol. The number of carbonyl (C=O) groups excluding carboxylic acids is 4. The van der Waals surface area contributed by atoms with Crippen LogP contribution in [-0.4, -0.2) is 56.2 Å². The topological polar surface area (TPSA) is 220 Å². The first kappa shape index (κ1) is 39.2. The van der Waals surface area contributed by atoms with E-state index in [1.165, 1.54) is 76.2 Å². The van der Waals surface area contributed by atoms with Gasteiger partial charge in [0, 0.05) is 65.8 Å². The van der Waals surface area contributed by atoms with Crippen molar-refractivity contribution in [3.63, 3.8) is 0 Å². The lowest BCUT2D eigenvalue weighted by molar-refractivity contribution is -0.135. The minimum atomic E-state index is -0.833. The molecule has 4 N–H and O–H groups in total. The molecule has 0 amide bonds. The summed E-state index contributed by atoms with van der Waals surface area (Å²) < 4.78 is 20.3. The largest absolute Gasteiger partial charge is 0.507 e. The van der Waals surface area contributed by atoms with E-state index in [-0.39, 0.29) is 56.8 Å². The first-order valence-corrected chi connectivity index (χ1v) is 13.4. The molecule has 0 heterocycles. The number of phenolic OH excluding ortho intramolecular Hbond substituents is 2. The van der Waals surface area contributed by atoms with Crippen molar-refractivity contribution in [2.75, 3.05) is 0 Å². The highest BCUT2D eigenvalue weighted by atomic mass is 16.5. The molecule has 14 heteroatoms. The Morgan fingerprint density at radius 2 is 0.729 bits per heavy atom. The molecule has 0 atom stereocenters. The Balaban J connectivity index is 0.00000129. The number of carbonyl (C=O) groups is 6. The zero-order valence-electron chi connectivity index (χ0n) is 26.5. The van der Waals surface area contributed by atoms with E-state index < -0.39 is 35.8 Å². The lowest BCUT2D eigenvalue weighted by Crippen LogP contribution is -2.05. The van der Waals surface area contributed by atoms with Gasteiger partial charge in [-0.25, -0.2) is 0 Å². The van der Waals surface area contributed by atoms with Crippen LogP contribution in [0, 0.1) is 23.7 Å². The van der Waals surface area contributed by atoms with Crippen molar-refractivity contribution >= 4 is 35.8 Å². The summed E-state index contributed by atoms with van der Waals surface area (Å²) in [6, 6.07) is 10.8. The summed E-state index contributed by atoms with van der Waals surface area (Å²) in [6.07, 6.45) is 0. The highest BCUT2D eigenvalue weighted by molar-refractivity contribution is 5.74. The van der Waals surface area contributed by atoms with Crippen LogP contribution in [0.5, 0.6) is 34.5 Å². The predicted molar refractivity (Wildman–Crippen MR) is 166 cm³/mol. The van der Waals surface area contributed by atoms with Gasteiger partial charge in [-0.05, 0) is 24.3 Å². The summed E-state index contributed by atoms with van der Waals surface area (Å²) in [5.41, 5.74) is 0.407. The van der Waals surface area contributed by atoms with E-state index in [1.54, 1.807) is 0 Å². The van der Waals surface area contributed by atoms with Gasteiger partial charge in [0.25, 0.3) is 11.9 Å². The molecule has 0 unspecified atom stereocenters. The zero-order valence-corrected chi connectivity index (χ0v) is 26.5. The summed E-state index contributed by atoms with van der Waals surface area (Å²) in [5.74, 6) is 6.70. The summed E-state index contributed by atoms with van der Waals surface area (Å²) in [6.45, 7) is 7.04. The molecule has 0 aliphatic heterocycles. The third-order valence-corrected chi connectivity index (χ3v) is 4.71. The smallest absolute Gasteiger partial charge is 0.308 e. The Hall–Kier alpha value is -6.80. The van der Waals surface area contributed by atoms with Crippen LogP contribution in [-0.2, 0) is 28.8 Å². The standard InChI is InChI=1S/C30H22O10.2C2H4O2/c1-17(31)37-25-9-11-29(39-19(3)33)23(13-25)7-5-21-15-28(36)22(16-27(21)35)6-8-24-14-26(38-18(2)32)10-12-30(24)40-20(4)34;2*1-2(3)4/h9-16,35-36H,1-4H3;2*1H3,(H,3,4). The average Bonchev–Trinajstić information content (AvgIpc) is 2.93. The van der Waals surface area contributed by atoms with E-state index in [1.807, 2.05) is 0 Å². The van der Waals surface area contributed by atoms with Gasteiger partial charge < -0.3 is 39.4 Å². The van der Waals surface area contributed by atoms with Gasteiger partial charge in [0.2, 0.25) is 0 Å². The van der Waals surface area contributed by atoms with Crippen LogP contribution in [0.1, 0.15) is 63.8 Å². The molecule has 0 aromatic heterocycles. The van der Waals surface area contributed by atoms with Crippen LogP contribution in [0.15, 0.2) is 48.5 Å². The number of carboxylic acid groups (broad SMARTS) is 2. The summed E-state index contributed by atoms with van der Waals surface area (Å²) in [4.78, 5) is 63.5. The van der Waals surface area contributed by atoms with Crippen molar-refractivity contribution in [2.24, 2.45) is 0 Å². The Morgan fingerprint density at radius 3 is 1.00 bits per heavy atom. The lowest BCUT2D eigenvalue weighted by Gasteiger charge is -2.07. The number of benzene rings is 3. The second kappa shape index (κ2) is 18.9. The van der Waals surface area contributed by atoms with Gasteiger partial charge in [0.1, 0.15) is 34.5 Å². The Labute approximate surface area is 274 Å². The third kappa shape index (κ3) is 15.3. The molecule has 0 aliphatic rings. The zero-order chi connectivity index (χ0) is 36.6. The molecule has 48 heavy (non-hydrogen) atoms. The molecule has 250 valence electrons. The van der Waals surface area contributed by atoms with Crippen LogP contribution < -0.4 is 18.9 Å². The fourth-order valence-electron chi connectivity index (χ4n) is 3.21. The van der Waals surface area contributed by atoms with Crippen LogP contribution in [0.4, 0.5) is 0 Å². The average molecular weight is 663 g/mol. The normalized spacial score (nSPS) is 9.12. The van der Waals surface area contributed by atoms with Crippen molar-refractivity contribution < 1.29 is 68.1 Å². The van der Waals surface area contributed by atoms with Gasteiger partial charge in [0.15, 0.2) is 0 Å². The van der Waals surface area contributed by atoms with Gasteiger partial charge in [-0.3, -0.25) is 28.8 Å². The van der Waals surface area contributed by atoms with Crippen molar-refractivity contribution in [1.82, 2.24) is 0 Å². The molecule has 3 aromatic carbocycles. The van der Waals surface area contributed by atoms with E-state index in [4.69, 9.17) is 38.7 Å². The van der Waals surface area contributed by atoms with Crippen molar-refractivity contribution in [3.05, 3.63) is 70.8 Å². The molecule has 3 aromatic rings. The molecule has 0 saturated carbocycles. The van der Waals surface area contributed by atoms with Crippen LogP contribution in [0.3, 0.4) is 0 Å². The second-order valence-corrected chi connectivity index (χ2v) is 9.12. The van der Waals surface area contributed by atoms with Crippen LogP contribution >= 0.6 is 0 Å². The minimum Gasteiger partial charge on any atom is -0.507 e. The van der Waals surface area contributed by atoms with Crippen molar-refractivity contribution in [2.45, 2.75) is 41.5 Å². The van der Waals surface area contributed by atoms with Gasteiger partial charge in [-0.15, -0.1) is 0 Å². The van der Waals surface area contributed by atoms with Crippen LogP contribution in [0.2, 0.25) is 0 Å². The number of ether oxygens (including phenoxy) is 4. The molecule has 0 radical (unpaired) electrons. The monoisotopic (exact) mass is 662 g/mol. The number of rotatable bonds is 4. The number of hydrogen-bond acceptors (Lipinski definition) is 12. The molecule has 0 bridgehead atoms. The Bertz CT molecular complexity index is 1710. The summed E-state index contributed by atoms with van der Waals surface area (Å²) in [5, 5.41) is 35.9. The maximum absolute atomic E-state index is 11.5. The first-order chi connectivity index (χ1) is 22.4. The van der Waals surface area contributed by atoms with Gasteiger partial charge in [-0.2, -0.15) is 0 Å². The maximum atomic E-state index is 11.5. The minimum absolute atomic E-state index is 0.0205. The quantitative estimate of drug-likeness (QED) is 0.135. The fraction of sp³-hybridized carbons (Fsp3) is 0.176. The molecule has 0 fully saturated rings. The molecule has 0 saturated heterocycles. The van der Waals surface area contributed by atoms with E-state index in [2.05, 4.69) is 23.7 Å². The van der Waals surface area contributed by atoms with Gasteiger partial charge in [-0.1, -0.05) is 23.7 Å². The van der Waals surface area contributed by atoms with E-state index >= 15 is 0 Å². The van der Waals surface area contributed by atoms with Crippen molar-refractivity contribution in [1.29, 1.82) is 0 Å². The van der Waals surface area contributed by atoms with Gasteiger partial charge >= 0.3 is 23.9 Å². The second-order valence-electron chi connectivity index (χ2n) is 9.12. The third-order valence-electron chi connectivity index (χ3n) is 4.71. The lowest BCUT2D eigenvalue weighted by atomic mass is 10.1. The molecule has 0 spiro atoms.